The first-order valence-corrected chi connectivity index (χ1v) is 20.8. The standard InChI is InChI=1S/C22H14Br2.C22H16.Br2/c23-17-11-19(15-7-3-1-4-8-15)21-13-18(24)12-20(22(21)14-17)16-9-5-2-6-10-16;1-3-9-17(10-4-1)19-13-7-16-22-20(14-8-15-21(19)22)18-11-5-2-6-12-18;1-2/h1-14H;1-16H;. The minimum absolute atomic E-state index is 1.09. The molecular weight excluding hydrogens is 848 g/mol. The van der Waals surface area contributed by atoms with Gasteiger partial charge in [0.2, 0.25) is 0 Å². The topological polar surface area (TPSA) is 0 Å². The summed E-state index contributed by atoms with van der Waals surface area (Å²) in [6.45, 7) is 0. The van der Waals surface area contributed by atoms with Gasteiger partial charge in [0.15, 0.2) is 0 Å². The number of hydrogen-bond donors (Lipinski definition) is 0. The summed E-state index contributed by atoms with van der Waals surface area (Å²) in [5, 5.41) is 5.10. The molecule has 0 unspecified atom stereocenters. The van der Waals surface area contributed by atoms with Gasteiger partial charge in [0.1, 0.15) is 0 Å². The minimum Gasteiger partial charge on any atom is -0.0622 e. The number of rotatable bonds is 4. The van der Waals surface area contributed by atoms with Crippen LogP contribution < -0.4 is 0 Å². The smallest absolute Gasteiger partial charge is 0.0188 e. The van der Waals surface area contributed by atoms with Crippen molar-refractivity contribution in [2.24, 2.45) is 0 Å². The highest BCUT2D eigenvalue weighted by molar-refractivity contribution is 9.93. The van der Waals surface area contributed by atoms with Gasteiger partial charge in [-0.3, -0.25) is 0 Å². The Bertz CT molecular complexity index is 2090. The molecule has 0 aromatic heterocycles. The third-order valence-electron chi connectivity index (χ3n) is 8.26. The molecule has 0 N–H and O–H groups in total. The second kappa shape index (κ2) is 16.5. The molecule has 0 radical (unpaired) electrons. The Morgan fingerprint density at radius 1 is 0.250 bits per heavy atom. The van der Waals surface area contributed by atoms with Crippen LogP contribution in [0.3, 0.4) is 0 Å². The lowest BCUT2D eigenvalue weighted by atomic mass is 9.93. The normalized spacial score (nSPS) is 10.5. The molecule has 8 aromatic rings. The van der Waals surface area contributed by atoms with Gasteiger partial charge >= 0.3 is 0 Å². The van der Waals surface area contributed by atoms with Gasteiger partial charge in [-0.15, -0.1) is 0 Å². The van der Waals surface area contributed by atoms with E-state index in [9.17, 15) is 0 Å². The molecule has 0 atom stereocenters. The van der Waals surface area contributed by atoms with Gasteiger partial charge in [0, 0.05) is 37.2 Å². The highest BCUT2D eigenvalue weighted by Crippen LogP contribution is 2.39. The summed E-state index contributed by atoms with van der Waals surface area (Å²) in [6.07, 6.45) is 0. The second-order valence-corrected chi connectivity index (χ2v) is 13.0. The van der Waals surface area contributed by atoms with Crippen molar-refractivity contribution in [1.82, 2.24) is 0 Å². The summed E-state index contributed by atoms with van der Waals surface area (Å²) in [4.78, 5) is 0. The predicted octanol–water partition coefficient (Wildman–Crippen LogP) is 15.6. The Balaban J connectivity index is 0.000000160. The van der Waals surface area contributed by atoms with Gasteiger partial charge in [0.25, 0.3) is 0 Å². The molecule has 0 saturated carbocycles. The van der Waals surface area contributed by atoms with Crippen molar-refractivity contribution in [3.63, 3.8) is 0 Å². The molecule has 4 heteroatoms. The molecule has 0 aliphatic carbocycles. The molecule has 0 aliphatic rings. The van der Waals surface area contributed by atoms with Crippen LogP contribution in [0.2, 0.25) is 0 Å². The monoisotopic (exact) mass is 874 g/mol. The number of hydrogen-bond acceptors (Lipinski definition) is 0. The predicted molar refractivity (Wildman–Crippen MR) is 223 cm³/mol. The van der Waals surface area contributed by atoms with Crippen LogP contribution in [0, 0.1) is 0 Å². The zero-order valence-corrected chi connectivity index (χ0v) is 32.2. The number of benzene rings is 8. The van der Waals surface area contributed by atoms with Crippen LogP contribution >= 0.6 is 60.1 Å². The fourth-order valence-corrected chi connectivity index (χ4v) is 7.07. The van der Waals surface area contributed by atoms with E-state index in [0.29, 0.717) is 0 Å². The molecule has 0 amide bonds. The van der Waals surface area contributed by atoms with Crippen LogP contribution in [0.25, 0.3) is 66.1 Å². The highest BCUT2D eigenvalue weighted by Gasteiger charge is 2.12. The van der Waals surface area contributed by atoms with Crippen molar-refractivity contribution in [3.05, 3.63) is 191 Å². The Labute approximate surface area is 314 Å². The van der Waals surface area contributed by atoms with Crippen LogP contribution in [-0.2, 0) is 0 Å². The van der Waals surface area contributed by atoms with Crippen LogP contribution in [0.1, 0.15) is 0 Å². The van der Waals surface area contributed by atoms with Gasteiger partial charge < -0.3 is 0 Å². The lowest BCUT2D eigenvalue weighted by Gasteiger charge is -2.13. The average Bonchev–Trinajstić information content (AvgIpc) is 3.16. The molecule has 0 fully saturated rings. The van der Waals surface area contributed by atoms with Crippen LogP contribution in [-0.4, -0.2) is 0 Å². The fourth-order valence-electron chi connectivity index (χ4n) is 6.15. The maximum atomic E-state index is 3.69. The maximum Gasteiger partial charge on any atom is 0.0188 e. The molecule has 234 valence electrons. The van der Waals surface area contributed by atoms with E-state index in [0.717, 1.165) is 8.95 Å². The van der Waals surface area contributed by atoms with Gasteiger partial charge in [0.05, 0.1) is 0 Å². The summed E-state index contributed by atoms with van der Waals surface area (Å²) in [6, 6.07) is 64.1. The van der Waals surface area contributed by atoms with E-state index in [4.69, 9.17) is 0 Å². The van der Waals surface area contributed by atoms with Gasteiger partial charge in [-0.2, -0.15) is 0 Å². The van der Waals surface area contributed by atoms with E-state index in [1.165, 1.54) is 66.1 Å². The SMILES string of the molecule is BrBr.Brc1cc(-c2ccccc2)c2cc(Br)cc(-c3ccccc3)c2c1.c1ccc(-c2cccc3c(-c4ccccc4)cccc23)cc1. The molecule has 0 saturated heterocycles. The zero-order valence-electron chi connectivity index (χ0n) is 25.8. The lowest BCUT2D eigenvalue weighted by Crippen LogP contribution is -1.87. The summed E-state index contributed by atoms with van der Waals surface area (Å²) in [7, 11) is 0. The maximum absolute atomic E-state index is 3.69. The zero-order chi connectivity index (χ0) is 33.3. The van der Waals surface area contributed by atoms with Crippen LogP contribution in [0.5, 0.6) is 0 Å². The van der Waals surface area contributed by atoms with Crippen molar-refractivity contribution in [3.8, 4) is 44.5 Å². The van der Waals surface area contributed by atoms with Crippen molar-refractivity contribution >= 4 is 81.7 Å². The summed E-state index contributed by atoms with van der Waals surface area (Å²) >= 11 is 12.9. The molecule has 48 heavy (non-hydrogen) atoms. The van der Waals surface area contributed by atoms with Crippen LogP contribution in [0.4, 0.5) is 0 Å². The van der Waals surface area contributed by atoms with E-state index < -0.39 is 0 Å². The largest absolute Gasteiger partial charge is 0.0622 e. The third-order valence-corrected chi connectivity index (χ3v) is 9.18. The van der Waals surface area contributed by atoms with Crippen molar-refractivity contribution in [2.45, 2.75) is 0 Å². The highest BCUT2D eigenvalue weighted by atomic mass is 80.9. The van der Waals surface area contributed by atoms with Gasteiger partial charge in [-0.05, 0) is 90.3 Å². The first-order chi connectivity index (χ1) is 23.7. The summed E-state index contributed by atoms with van der Waals surface area (Å²) < 4.78 is 2.18. The van der Waals surface area contributed by atoms with Crippen molar-refractivity contribution in [2.75, 3.05) is 0 Å². The van der Waals surface area contributed by atoms with Gasteiger partial charge in [-0.1, -0.05) is 190 Å². The Morgan fingerprint density at radius 2 is 0.542 bits per heavy atom. The Kier molecular flexibility index (Phi) is 11.7. The Hall–Kier alpha value is -3.80. The van der Waals surface area contributed by atoms with Crippen LogP contribution in [0.15, 0.2) is 191 Å². The lowest BCUT2D eigenvalue weighted by molar-refractivity contribution is 1.60. The molecule has 0 aliphatic heterocycles. The quantitative estimate of drug-likeness (QED) is 0.165. The molecule has 0 heterocycles. The molecular formula is C44H30Br4. The van der Waals surface area contributed by atoms with E-state index in [1.54, 1.807) is 0 Å². The molecule has 0 spiro atoms. The van der Waals surface area contributed by atoms with E-state index in [1.807, 2.05) is 0 Å². The Morgan fingerprint density at radius 3 is 0.854 bits per heavy atom. The van der Waals surface area contributed by atoms with Crippen molar-refractivity contribution in [1.29, 1.82) is 0 Å². The summed E-state index contributed by atoms with van der Waals surface area (Å²) in [5.41, 5.74) is 10.0. The number of fused-ring (bicyclic) bond motifs is 2. The first kappa shape index (κ1) is 34.1. The molecule has 0 bridgehead atoms. The van der Waals surface area contributed by atoms with E-state index in [2.05, 4.69) is 242 Å². The minimum atomic E-state index is 1.09. The van der Waals surface area contributed by atoms with Gasteiger partial charge in [-0.25, -0.2) is 0 Å². The first-order valence-electron chi connectivity index (χ1n) is 15.5. The van der Waals surface area contributed by atoms with E-state index >= 15 is 0 Å². The fraction of sp³-hybridized carbons (Fsp3) is 0. The average molecular weight is 878 g/mol. The molecule has 8 aromatic carbocycles. The van der Waals surface area contributed by atoms with Crippen molar-refractivity contribution < 1.29 is 0 Å². The summed E-state index contributed by atoms with van der Waals surface area (Å²) in [5.74, 6) is 0. The third kappa shape index (κ3) is 7.74. The molecule has 0 nitrogen and oxygen atoms in total. The second-order valence-electron chi connectivity index (χ2n) is 11.2. The number of halogens is 4. The molecule has 8 rings (SSSR count). The van der Waals surface area contributed by atoms with E-state index in [-0.39, 0.29) is 0 Å².